The molecule has 2 rings (SSSR count). The van der Waals surface area contributed by atoms with Crippen LogP contribution in [0, 0.1) is 5.82 Å². The van der Waals surface area contributed by atoms with Crippen LogP contribution in [0.25, 0.3) is 0 Å². The van der Waals surface area contributed by atoms with Crippen LogP contribution in [0.1, 0.15) is 5.76 Å². The number of aliphatic hydroxyl groups is 1. The molecule has 0 aliphatic carbocycles. The summed E-state index contributed by atoms with van der Waals surface area (Å²) in [4.78, 5) is 0. The van der Waals surface area contributed by atoms with E-state index in [1.807, 2.05) is 0 Å². The van der Waals surface area contributed by atoms with Crippen LogP contribution in [-0.2, 0) is 16.6 Å². The smallest absolute Gasteiger partial charge is 0.295 e. The van der Waals surface area contributed by atoms with Gasteiger partial charge in [-0.3, -0.25) is 4.72 Å². The quantitative estimate of drug-likeness (QED) is 0.909. The zero-order valence-corrected chi connectivity index (χ0v) is 11.0. The van der Waals surface area contributed by atoms with Crippen molar-refractivity contribution in [2.45, 2.75) is 11.7 Å². The zero-order valence-electron chi connectivity index (χ0n) is 9.43. The Labute approximate surface area is 113 Å². The Morgan fingerprint density at radius 3 is 2.63 bits per heavy atom. The largest absolute Gasteiger partial charge is 0.445 e. The predicted octanol–water partition coefficient (Wildman–Crippen LogP) is 2.37. The van der Waals surface area contributed by atoms with Crippen LogP contribution in [0.5, 0.6) is 0 Å². The molecule has 0 saturated carbocycles. The molecule has 0 fully saturated rings. The molecule has 0 spiro atoms. The number of hydrogen-bond acceptors (Lipinski definition) is 4. The van der Waals surface area contributed by atoms with Gasteiger partial charge in [0.15, 0.2) is 0 Å². The Morgan fingerprint density at radius 1 is 1.32 bits per heavy atom. The van der Waals surface area contributed by atoms with E-state index in [2.05, 4.69) is 4.72 Å². The second-order valence-electron chi connectivity index (χ2n) is 3.61. The fraction of sp³-hybridized carbons (Fsp3) is 0.0909. The van der Waals surface area contributed by atoms with E-state index < -0.39 is 22.4 Å². The highest BCUT2D eigenvalue weighted by Crippen LogP contribution is 2.23. The van der Waals surface area contributed by atoms with Gasteiger partial charge < -0.3 is 9.52 Å². The van der Waals surface area contributed by atoms with E-state index in [0.717, 1.165) is 12.1 Å². The second kappa shape index (κ2) is 5.20. The lowest BCUT2D eigenvalue weighted by Crippen LogP contribution is -2.12. The van der Waals surface area contributed by atoms with E-state index in [1.54, 1.807) is 0 Å². The molecule has 102 valence electrons. The molecule has 0 amide bonds. The standard InChI is InChI=1S/C11H9ClFNO4S/c12-9-5-7(1-3-10(9)13)14-19(16,17)11-4-2-8(6-15)18-11/h1-5,14-15H,6H2. The van der Waals surface area contributed by atoms with Crippen molar-refractivity contribution < 1.29 is 22.3 Å². The third kappa shape index (κ3) is 3.06. The Morgan fingerprint density at radius 2 is 2.05 bits per heavy atom. The Balaban J connectivity index is 2.28. The van der Waals surface area contributed by atoms with Crippen molar-refractivity contribution in [2.24, 2.45) is 0 Å². The molecule has 2 aromatic rings. The maximum absolute atomic E-state index is 12.9. The van der Waals surface area contributed by atoms with Crippen molar-refractivity contribution in [1.82, 2.24) is 0 Å². The molecule has 0 unspecified atom stereocenters. The minimum Gasteiger partial charge on any atom is -0.445 e. The van der Waals surface area contributed by atoms with Gasteiger partial charge in [-0.05, 0) is 30.3 Å². The summed E-state index contributed by atoms with van der Waals surface area (Å²) < 4.78 is 43.9. The van der Waals surface area contributed by atoms with Crippen LogP contribution in [0.2, 0.25) is 5.02 Å². The molecular formula is C11H9ClFNO4S. The molecule has 1 aromatic carbocycles. The molecule has 19 heavy (non-hydrogen) atoms. The highest BCUT2D eigenvalue weighted by atomic mass is 35.5. The molecule has 8 heteroatoms. The minimum atomic E-state index is -3.94. The van der Waals surface area contributed by atoms with Gasteiger partial charge in [0.2, 0.25) is 5.09 Å². The number of benzene rings is 1. The minimum absolute atomic E-state index is 0.105. The summed E-state index contributed by atoms with van der Waals surface area (Å²) in [7, 11) is -3.94. The molecule has 2 N–H and O–H groups in total. The lowest BCUT2D eigenvalue weighted by Gasteiger charge is -2.06. The Hall–Kier alpha value is -1.57. The lowest BCUT2D eigenvalue weighted by atomic mass is 10.3. The van der Waals surface area contributed by atoms with Crippen molar-refractivity contribution in [1.29, 1.82) is 0 Å². The fourth-order valence-corrected chi connectivity index (χ4v) is 2.54. The number of hydrogen-bond donors (Lipinski definition) is 2. The summed E-state index contributed by atoms with van der Waals surface area (Å²) in [5.41, 5.74) is 0.105. The first-order valence-corrected chi connectivity index (χ1v) is 6.96. The molecule has 5 nitrogen and oxygen atoms in total. The van der Waals surface area contributed by atoms with Gasteiger partial charge in [0.1, 0.15) is 18.2 Å². The molecule has 0 aliphatic rings. The molecule has 0 radical (unpaired) electrons. The predicted molar refractivity (Wildman–Crippen MR) is 66.8 cm³/mol. The van der Waals surface area contributed by atoms with Gasteiger partial charge >= 0.3 is 0 Å². The van der Waals surface area contributed by atoms with Crippen molar-refractivity contribution in [3.63, 3.8) is 0 Å². The Kier molecular flexibility index (Phi) is 3.79. The van der Waals surface area contributed by atoms with Gasteiger partial charge in [-0.1, -0.05) is 11.6 Å². The topological polar surface area (TPSA) is 79.5 Å². The maximum Gasteiger partial charge on any atom is 0.295 e. The number of anilines is 1. The summed E-state index contributed by atoms with van der Waals surface area (Å²) in [6.07, 6.45) is 0. The first kappa shape index (κ1) is 13.9. The van der Waals surface area contributed by atoms with Crippen LogP contribution >= 0.6 is 11.6 Å². The number of nitrogens with one attached hydrogen (secondary N) is 1. The molecule has 0 saturated heterocycles. The average molecular weight is 306 g/mol. The number of sulfonamides is 1. The van der Waals surface area contributed by atoms with E-state index >= 15 is 0 Å². The van der Waals surface area contributed by atoms with Crippen LogP contribution in [0.4, 0.5) is 10.1 Å². The second-order valence-corrected chi connectivity index (χ2v) is 5.63. The number of rotatable bonds is 4. The third-order valence-corrected chi connectivity index (χ3v) is 3.77. The van der Waals surface area contributed by atoms with Crippen molar-refractivity contribution in [2.75, 3.05) is 4.72 Å². The summed E-state index contributed by atoms with van der Waals surface area (Å²) in [5, 5.41) is 8.26. The van der Waals surface area contributed by atoms with Crippen molar-refractivity contribution in [3.05, 3.63) is 46.9 Å². The monoisotopic (exact) mass is 305 g/mol. The summed E-state index contributed by atoms with van der Waals surface area (Å²) in [5.74, 6) is -0.525. The van der Waals surface area contributed by atoms with Gasteiger partial charge in [-0.15, -0.1) is 0 Å². The highest BCUT2D eigenvalue weighted by molar-refractivity contribution is 7.92. The van der Waals surface area contributed by atoms with Gasteiger partial charge in [0.25, 0.3) is 10.0 Å². The van der Waals surface area contributed by atoms with Gasteiger partial charge in [0, 0.05) is 0 Å². The van der Waals surface area contributed by atoms with Crippen LogP contribution in [0.3, 0.4) is 0 Å². The molecule has 0 atom stereocenters. The molecule has 1 heterocycles. The van der Waals surface area contributed by atoms with E-state index in [9.17, 15) is 12.8 Å². The fourth-order valence-electron chi connectivity index (χ4n) is 1.35. The number of furan rings is 1. The summed E-state index contributed by atoms with van der Waals surface area (Å²) in [6, 6.07) is 5.96. The van der Waals surface area contributed by atoms with E-state index in [-0.39, 0.29) is 21.6 Å². The zero-order chi connectivity index (χ0) is 14.0. The third-order valence-electron chi connectivity index (χ3n) is 2.23. The first-order chi connectivity index (χ1) is 8.92. The molecule has 1 aromatic heterocycles. The Bertz CT molecular complexity index is 698. The summed E-state index contributed by atoms with van der Waals surface area (Å²) in [6.45, 7) is -0.405. The molecule has 0 bridgehead atoms. The average Bonchev–Trinajstić information content (AvgIpc) is 2.83. The van der Waals surface area contributed by atoms with Crippen molar-refractivity contribution >= 4 is 27.3 Å². The number of aliphatic hydroxyl groups excluding tert-OH is 1. The summed E-state index contributed by atoms with van der Waals surface area (Å²) >= 11 is 5.55. The SMILES string of the molecule is O=S(=O)(Nc1ccc(F)c(Cl)c1)c1ccc(CO)o1. The van der Waals surface area contributed by atoms with E-state index in [0.29, 0.717) is 0 Å². The van der Waals surface area contributed by atoms with E-state index in [1.165, 1.54) is 18.2 Å². The maximum atomic E-state index is 12.9. The van der Waals surface area contributed by atoms with E-state index in [4.69, 9.17) is 21.1 Å². The van der Waals surface area contributed by atoms with Gasteiger partial charge in [-0.25, -0.2) is 4.39 Å². The number of halogens is 2. The molecular weight excluding hydrogens is 297 g/mol. The molecule has 0 aliphatic heterocycles. The van der Waals surface area contributed by atoms with Crippen LogP contribution in [0.15, 0.2) is 39.8 Å². The highest BCUT2D eigenvalue weighted by Gasteiger charge is 2.19. The van der Waals surface area contributed by atoms with Gasteiger partial charge in [0.05, 0.1) is 10.7 Å². The van der Waals surface area contributed by atoms with Crippen LogP contribution < -0.4 is 4.72 Å². The first-order valence-electron chi connectivity index (χ1n) is 5.10. The lowest BCUT2D eigenvalue weighted by molar-refractivity contribution is 0.236. The van der Waals surface area contributed by atoms with Crippen molar-refractivity contribution in [3.8, 4) is 0 Å². The van der Waals surface area contributed by atoms with Gasteiger partial charge in [-0.2, -0.15) is 8.42 Å². The van der Waals surface area contributed by atoms with Crippen LogP contribution in [-0.4, -0.2) is 13.5 Å². The normalized spacial score (nSPS) is 11.5.